The first-order chi connectivity index (χ1) is 10.7. The van der Waals surface area contributed by atoms with Gasteiger partial charge in [-0.25, -0.2) is 0 Å². The molecule has 3 aliphatic heterocycles. The molecule has 0 radical (unpaired) electrons. The fourth-order valence-electron chi connectivity index (χ4n) is 4.00. The lowest BCUT2D eigenvalue weighted by Crippen LogP contribution is -2.65. The highest BCUT2D eigenvalue weighted by molar-refractivity contribution is 5.85. The van der Waals surface area contributed by atoms with Crippen molar-refractivity contribution < 1.29 is 9.53 Å². The quantitative estimate of drug-likeness (QED) is 0.922. The normalized spacial score (nSPS) is 25.4. The van der Waals surface area contributed by atoms with E-state index < -0.39 is 0 Å². The number of rotatable bonds is 3. The van der Waals surface area contributed by atoms with Gasteiger partial charge in [-0.15, -0.1) is 0 Å². The zero-order valence-electron chi connectivity index (χ0n) is 13.0. The van der Waals surface area contributed by atoms with Crippen LogP contribution in [0.15, 0.2) is 30.3 Å². The van der Waals surface area contributed by atoms with Gasteiger partial charge < -0.3 is 15.0 Å². The average Bonchev–Trinajstić information content (AvgIpc) is 2.50. The van der Waals surface area contributed by atoms with Gasteiger partial charge in [0.25, 0.3) is 0 Å². The number of piperidine rings is 1. The molecule has 4 heteroatoms. The molecule has 1 amide bonds. The molecule has 1 N–H and O–H groups in total. The summed E-state index contributed by atoms with van der Waals surface area (Å²) in [7, 11) is 0. The predicted octanol–water partition coefficient (Wildman–Crippen LogP) is 1.60. The van der Waals surface area contributed by atoms with Crippen molar-refractivity contribution in [2.75, 3.05) is 32.8 Å². The van der Waals surface area contributed by atoms with E-state index in [1.165, 1.54) is 12.0 Å². The topological polar surface area (TPSA) is 41.6 Å². The lowest BCUT2D eigenvalue weighted by atomic mass is 9.74. The first-order valence-corrected chi connectivity index (χ1v) is 8.40. The number of amides is 1. The van der Waals surface area contributed by atoms with Crippen molar-refractivity contribution in [3.8, 4) is 0 Å². The van der Waals surface area contributed by atoms with Crippen LogP contribution in [-0.4, -0.2) is 49.2 Å². The first-order valence-electron chi connectivity index (χ1n) is 8.40. The predicted molar refractivity (Wildman–Crippen MR) is 84.6 cm³/mol. The van der Waals surface area contributed by atoms with Gasteiger partial charge in [0.15, 0.2) is 0 Å². The Morgan fingerprint density at radius 1 is 1.14 bits per heavy atom. The minimum atomic E-state index is -0.230. The molecule has 4 nitrogen and oxygen atoms in total. The maximum absolute atomic E-state index is 13.1. The highest BCUT2D eigenvalue weighted by Gasteiger charge is 2.49. The molecule has 0 bridgehead atoms. The lowest BCUT2D eigenvalue weighted by Gasteiger charge is -2.50. The van der Waals surface area contributed by atoms with Crippen molar-refractivity contribution in [2.45, 2.75) is 31.3 Å². The third-order valence-corrected chi connectivity index (χ3v) is 5.69. The second kappa shape index (κ2) is 5.36. The Balaban J connectivity index is 1.44. The number of carbonyl (C=O) groups excluding carboxylic acids is 1. The van der Waals surface area contributed by atoms with Gasteiger partial charge in [-0.1, -0.05) is 30.3 Å². The Bertz CT molecular complexity index is 539. The smallest absolute Gasteiger partial charge is 0.231 e. The van der Waals surface area contributed by atoms with Crippen LogP contribution in [0.1, 0.15) is 24.8 Å². The fraction of sp³-hybridized carbons (Fsp3) is 0.611. The summed E-state index contributed by atoms with van der Waals surface area (Å²) >= 11 is 0. The first kappa shape index (κ1) is 14.2. The second-order valence-electron chi connectivity index (χ2n) is 7.12. The minimum Gasteiger partial charge on any atom is -0.375 e. The maximum Gasteiger partial charge on any atom is 0.231 e. The average molecular weight is 300 g/mol. The van der Waals surface area contributed by atoms with Crippen LogP contribution in [0, 0.1) is 5.41 Å². The molecule has 1 spiro atoms. The van der Waals surface area contributed by atoms with E-state index in [4.69, 9.17) is 4.74 Å². The lowest BCUT2D eigenvalue weighted by molar-refractivity contribution is -0.180. The summed E-state index contributed by atoms with van der Waals surface area (Å²) in [6.07, 6.45) is 4.03. The van der Waals surface area contributed by atoms with Gasteiger partial charge in [0.1, 0.15) is 0 Å². The third-order valence-electron chi connectivity index (χ3n) is 5.69. The number of carbonyl (C=O) groups is 1. The molecule has 22 heavy (non-hydrogen) atoms. The number of ether oxygens (including phenoxy) is 1. The Labute approximate surface area is 131 Å². The largest absolute Gasteiger partial charge is 0.375 e. The number of hydrogen-bond donors (Lipinski definition) is 1. The third kappa shape index (κ3) is 2.34. The van der Waals surface area contributed by atoms with Gasteiger partial charge in [-0.2, -0.15) is 0 Å². The Hall–Kier alpha value is -1.39. The van der Waals surface area contributed by atoms with Crippen molar-refractivity contribution in [3.05, 3.63) is 35.9 Å². The number of nitrogens with one attached hydrogen (secondary N) is 1. The van der Waals surface area contributed by atoms with E-state index in [0.717, 1.165) is 52.0 Å². The monoisotopic (exact) mass is 300 g/mol. The molecule has 3 heterocycles. The van der Waals surface area contributed by atoms with E-state index in [2.05, 4.69) is 34.5 Å². The summed E-state index contributed by atoms with van der Waals surface area (Å²) in [5.41, 5.74) is 1.14. The van der Waals surface area contributed by atoms with Gasteiger partial charge in [0.2, 0.25) is 5.91 Å². The van der Waals surface area contributed by atoms with Gasteiger partial charge in [-0.3, -0.25) is 4.79 Å². The van der Waals surface area contributed by atoms with Crippen LogP contribution in [0.2, 0.25) is 0 Å². The summed E-state index contributed by atoms with van der Waals surface area (Å²) in [5, 5.41) is 3.31. The van der Waals surface area contributed by atoms with Crippen LogP contribution in [0.4, 0.5) is 0 Å². The molecule has 3 saturated heterocycles. The van der Waals surface area contributed by atoms with Crippen LogP contribution < -0.4 is 5.32 Å². The zero-order chi connectivity index (χ0) is 15.0. The molecule has 1 aromatic carbocycles. The van der Waals surface area contributed by atoms with Crippen molar-refractivity contribution in [3.63, 3.8) is 0 Å². The summed E-state index contributed by atoms with van der Waals surface area (Å²) < 4.78 is 5.76. The molecular weight excluding hydrogens is 276 g/mol. The molecule has 0 atom stereocenters. The van der Waals surface area contributed by atoms with Gasteiger partial charge in [-0.05, 0) is 31.2 Å². The second-order valence-corrected chi connectivity index (χ2v) is 7.12. The molecule has 0 saturated carbocycles. The van der Waals surface area contributed by atoms with E-state index in [-0.39, 0.29) is 11.0 Å². The summed E-state index contributed by atoms with van der Waals surface area (Å²) in [4.78, 5) is 15.1. The number of likely N-dealkylation sites (tertiary alicyclic amines) is 1. The number of benzene rings is 1. The van der Waals surface area contributed by atoms with Crippen molar-refractivity contribution in [1.82, 2.24) is 10.2 Å². The van der Waals surface area contributed by atoms with E-state index in [1.54, 1.807) is 0 Å². The highest BCUT2D eigenvalue weighted by atomic mass is 16.5. The van der Waals surface area contributed by atoms with E-state index in [0.29, 0.717) is 5.91 Å². The number of nitrogens with zero attached hydrogens (tertiary/aromatic N) is 1. The number of hydrogen-bond acceptors (Lipinski definition) is 3. The Morgan fingerprint density at radius 3 is 2.32 bits per heavy atom. The van der Waals surface area contributed by atoms with Gasteiger partial charge in [0.05, 0.1) is 17.6 Å². The zero-order valence-corrected chi connectivity index (χ0v) is 13.0. The summed E-state index contributed by atoms with van der Waals surface area (Å²) in [6, 6.07) is 10.4. The van der Waals surface area contributed by atoms with Gasteiger partial charge in [0, 0.05) is 26.2 Å². The van der Waals surface area contributed by atoms with Crippen LogP contribution >= 0.6 is 0 Å². The van der Waals surface area contributed by atoms with Gasteiger partial charge >= 0.3 is 0 Å². The minimum absolute atomic E-state index is 0.112. The summed E-state index contributed by atoms with van der Waals surface area (Å²) in [5.74, 6) is 0.337. The summed E-state index contributed by atoms with van der Waals surface area (Å²) in [6.45, 7) is 4.22. The molecule has 4 rings (SSSR count). The van der Waals surface area contributed by atoms with Crippen molar-refractivity contribution >= 4 is 5.91 Å². The molecule has 3 aliphatic rings. The maximum atomic E-state index is 13.1. The van der Waals surface area contributed by atoms with Crippen LogP contribution in [0.25, 0.3) is 0 Å². The highest BCUT2D eigenvalue weighted by Crippen LogP contribution is 2.38. The standard InChI is InChI=1S/C18H24N2O2/c21-16(20-9-6-18(7-10-20)8-11-22-18)17(13-19-14-17)12-15-4-2-1-3-5-15/h1-5,19H,6-14H2. The molecule has 0 aliphatic carbocycles. The molecule has 1 aromatic rings. The molecular formula is C18H24N2O2. The molecule has 0 aromatic heterocycles. The van der Waals surface area contributed by atoms with Crippen molar-refractivity contribution in [1.29, 1.82) is 0 Å². The van der Waals surface area contributed by atoms with Crippen LogP contribution in [0.5, 0.6) is 0 Å². The van der Waals surface area contributed by atoms with Crippen LogP contribution in [-0.2, 0) is 16.0 Å². The SMILES string of the molecule is O=C(N1CCC2(CCO2)CC1)C1(Cc2ccccc2)CNC1. The molecule has 118 valence electrons. The Kier molecular flexibility index (Phi) is 3.46. The van der Waals surface area contributed by atoms with Crippen LogP contribution in [0.3, 0.4) is 0 Å². The Morgan fingerprint density at radius 2 is 1.82 bits per heavy atom. The molecule has 3 fully saturated rings. The van der Waals surface area contributed by atoms with E-state index in [9.17, 15) is 4.79 Å². The van der Waals surface area contributed by atoms with E-state index >= 15 is 0 Å². The molecule has 0 unspecified atom stereocenters. The van der Waals surface area contributed by atoms with E-state index in [1.807, 2.05) is 6.07 Å². The fourth-order valence-corrected chi connectivity index (χ4v) is 4.00. The van der Waals surface area contributed by atoms with Crippen molar-refractivity contribution in [2.24, 2.45) is 5.41 Å².